The van der Waals surface area contributed by atoms with Gasteiger partial charge < -0.3 is 11.1 Å². The van der Waals surface area contributed by atoms with Gasteiger partial charge >= 0.3 is 6.18 Å². The van der Waals surface area contributed by atoms with Crippen molar-refractivity contribution in [3.05, 3.63) is 47.7 Å². The van der Waals surface area contributed by atoms with Crippen molar-refractivity contribution in [1.29, 1.82) is 0 Å². The molecule has 0 atom stereocenters. The molecule has 0 amide bonds. The lowest BCUT2D eigenvalue weighted by Crippen LogP contribution is -2.09. The van der Waals surface area contributed by atoms with Crippen LogP contribution in [0.15, 0.2) is 36.4 Å². The minimum absolute atomic E-state index is 0.238. The smallest absolute Gasteiger partial charge is 0.339 e. The zero-order valence-electron chi connectivity index (χ0n) is 9.78. The Balaban J connectivity index is 2.15. The zero-order chi connectivity index (χ0) is 13.9. The molecular weight excluding hydrogens is 257 g/mol. The van der Waals surface area contributed by atoms with Crippen LogP contribution in [0.1, 0.15) is 11.3 Å². The van der Waals surface area contributed by atoms with Crippen LogP contribution >= 0.6 is 0 Å². The Bertz CT molecular complexity index is 552. The van der Waals surface area contributed by atoms with Crippen LogP contribution in [0.4, 0.5) is 24.7 Å². The van der Waals surface area contributed by atoms with Gasteiger partial charge in [0.15, 0.2) is 11.5 Å². The van der Waals surface area contributed by atoms with Gasteiger partial charge in [-0.3, -0.25) is 0 Å². The monoisotopic (exact) mass is 268 g/mol. The molecule has 0 fully saturated rings. The van der Waals surface area contributed by atoms with Crippen molar-refractivity contribution in [3.63, 3.8) is 0 Å². The van der Waals surface area contributed by atoms with Gasteiger partial charge in [-0.1, -0.05) is 12.1 Å². The van der Waals surface area contributed by atoms with Gasteiger partial charge in [0.1, 0.15) is 0 Å². The second-order valence-electron chi connectivity index (χ2n) is 3.83. The van der Waals surface area contributed by atoms with E-state index in [1.807, 2.05) is 6.07 Å². The Kier molecular flexibility index (Phi) is 3.66. The number of aromatic nitrogens is 2. The summed E-state index contributed by atoms with van der Waals surface area (Å²) in [6, 6.07) is 9.30. The molecule has 19 heavy (non-hydrogen) atoms. The number of hydrogen-bond acceptors (Lipinski definition) is 4. The van der Waals surface area contributed by atoms with Crippen LogP contribution in [0.25, 0.3) is 0 Å². The molecule has 4 nitrogen and oxygen atoms in total. The van der Waals surface area contributed by atoms with Crippen molar-refractivity contribution < 1.29 is 13.2 Å². The highest BCUT2D eigenvalue weighted by Crippen LogP contribution is 2.27. The van der Waals surface area contributed by atoms with Gasteiger partial charge in [0.05, 0.1) is 0 Å². The lowest BCUT2D eigenvalue weighted by atomic mass is 10.2. The van der Waals surface area contributed by atoms with Crippen molar-refractivity contribution in [2.75, 3.05) is 5.32 Å². The second kappa shape index (κ2) is 5.23. The number of benzene rings is 1. The first-order valence-corrected chi connectivity index (χ1v) is 5.46. The molecule has 0 spiro atoms. The minimum Gasteiger partial charge on any atom is -0.339 e. The normalized spacial score (nSPS) is 11.4. The molecule has 0 unspecified atom stereocenters. The number of anilines is 2. The van der Waals surface area contributed by atoms with Crippen LogP contribution in [0, 0.1) is 0 Å². The van der Waals surface area contributed by atoms with E-state index in [1.165, 1.54) is 6.07 Å². The van der Waals surface area contributed by atoms with Gasteiger partial charge in [0.25, 0.3) is 0 Å². The van der Waals surface area contributed by atoms with E-state index in [1.54, 1.807) is 18.2 Å². The van der Waals surface area contributed by atoms with Gasteiger partial charge in [-0.2, -0.15) is 13.2 Å². The van der Waals surface area contributed by atoms with E-state index in [4.69, 9.17) is 5.73 Å². The molecule has 0 saturated carbocycles. The number of halogens is 3. The molecule has 0 aliphatic heterocycles. The molecule has 1 aromatic carbocycles. The quantitative estimate of drug-likeness (QED) is 0.898. The summed E-state index contributed by atoms with van der Waals surface area (Å²) in [5.41, 5.74) is 6.08. The van der Waals surface area contributed by atoms with E-state index in [-0.39, 0.29) is 5.82 Å². The standard InChI is InChI=1S/C12H11F3N4/c13-12(14,15)10-4-5-11(19-18-10)17-9-3-1-2-8(6-9)7-16/h1-6H,7,16H2,(H,17,19). The summed E-state index contributed by atoms with van der Waals surface area (Å²) in [6.07, 6.45) is -4.48. The highest BCUT2D eigenvalue weighted by atomic mass is 19.4. The topological polar surface area (TPSA) is 63.8 Å². The minimum atomic E-state index is -4.48. The van der Waals surface area contributed by atoms with Crippen molar-refractivity contribution in [1.82, 2.24) is 10.2 Å². The van der Waals surface area contributed by atoms with E-state index >= 15 is 0 Å². The van der Waals surface area contributed by atoms with Crippen molar-refractivity contribution in [3.8, 4) is 0 Å². The molecule has 2 rings (SSSR count). The second-order valence-corrected chi connectivity index (χ2v) is 3.83. The number of nitrogens with one attached hydrogen (secondary N) is 1. The van der Waals surface area contributed by atoms with E-state index in [0.717, 1.165) is 11.6 Å². The summed E-state index contributed by atoms with van der Waals surface area (Å²) in [7, 11) is 0. The van der Waals surface area contributed by atoms with E-state index in [2.05, 4.69) is 15.5 Å². The van der Waals surface area contributed by atoms with Crippen LogP contribution < -0.4 is 11.1 Å². The summed E-state index contributed by atoms with van der Waals surface area (Å²) in [5, 5.41) is 9.47. The number of alkyl halides is 3. The first-order valence-electron chi connectivity index (χ1n) is 5.46. The predicted octanol–water partition coefficient (Wildman–Crippen LogP) is 2.70. The first-order chi connectivity index (χ1) is 8.99. The lowest BCUT2D eigenvalue weighted by molar-refractivity contribution is -0.141. The molecule has 0 bridgehead atoms. The van der Waals surface area contributed by atoms with E-state index < -0.39 is 11.9 Å². The molecule has 2 aromatic rings. The highest BCUT2D eigenvalue weighted by molar-refractivity contribution is 5.56. The molecule has 3 N–H and O–H groups in total. The van der Waals surface area contributed by atoms with E-state index in [0.29, 0.717) is 12.2 Å². The Hall–Kier alpha value is -2.15. The Labute approximate surface area is 107 Å². The van der Waals surface area contributed by atoms with Crippen LogP contribution in [0.5, 0.6) is 0 Å². The number of nitrogens with two attached hydrogens (primary N) is 1. The van der Waals surface area contributed by atoms with Gasteiger partial charge in [-0.25, -0.2) is 0 Å². The molecule has 7 heteroatoms. The molecule has 0 aliphatic carbocycles. The molecule has 1 aromatic heterocycles. The summed E-state index contributed by atoms with van der Waals surface area (Å²) >= 11 is 0. The Morgan fingerprint density at radius 3 is 2.47 bits per heavy atom. The van der Waals surface area contributed by atoms with Gasteiger partial charge in [0, 0.05) is 12.2 Å². The average Bonchev–Trinajstić information content (AvgIpc) is 2.38. The Morgan fingerprint density at radius 2 is 1.89 bits per heavy atom. The van der Waals surface area contributed by atoms with Crippen molar-refractivity contribution in [2.24, 2.45) is 5.73 Å². The van der Waals surface area contributed by atoms with Gasteiger partial charge in [-0.05, 0) is 29.8 Å². The molecule has 100 valence electrons. The molecule has 0 aliphatic rings. The highest BCUT2D eigenvalue weighted by Gasteiger charge is 2.32. The largest absolute Gasteiger partial charge is 0.435 e. The predicted molar refractivity (Wildman–Crippen MR) is 64.7 cm³/mol. The van der Waals surface area contributed by atoms with Gasteiger partial charge in [0.2, 0.25) is 0 Å². The van der Waals surface area contributed by atoms with Crippen molar-refractivity contribution >= 4 is 11.5 Å². The maximum atomic E-state index is 12.3. The first kappa shape index (κ1) is 13.3. The van der Waals surface area contributed by atoms with E-state index in [9.17, 15) is 13.2 Å². The SMILES string of the molecule is NCc1cccc(Nc2ccc(C(F)(F)F)nn2)c1. The van der Waals surface area contributed by atoms with Crippen LogP contribution in [-0.2, 0) is 12.7 Å². The fourth-order valence-electron chi connectivity index (χ4n) is 1.47. The summed E-state index contributed by atoms with van der Waals surface area (Å²) in [4.78, 5) is 0. The third-order valence-electron chi connectivity index (χ3n) is 2.39. The maximum Gasteiger partial charge on any atom is 0.435 e. The number of rotatable bonds is 3. The Morgan fingerprint density at radius 1 is 1.11 bits per heavy atom. The maximum absolute atomic E-state index is 12.3. The van der Waals surface area contributed by atoms with Crippen LogP contribution in [0.3, 0.4) is 0 Å². The van der Waals surface area contributed by atoms with Crippen LogP contribution in [-0.4, -0.2) is 10.2 Å². The lowest BCUT2D eigenvalue weighted by Gasteiger charge is -2.08. The third kappa shape index (κ3) is 3.41. The fourth-order valence-corrected chi connectivity index (χ4v) is 1.47. The average molecular weight is 268 g/mol. The molecule has 0 radical (unpaired) electrons. The zero-order valence-corrected chi connectivity index (χ0v) is 9.78. The summed E-state index contributed by atoms with van der Waals surface area (Å²) in [5.74, 6) is 0.238. The summed E-state index contributed by atoms with van der Waals surface area (Å²) < 4.78 is 36.9. The van der Waals surface area contributed by atoms with Crippen LogP contribution in [0.2, 0.25) is 0 Å². The third-order valence-corrected chi connectivity index (χ3v) is 2.39. The van der Waals surface area contributed by atoms with Crippen molar-refractivity contribution in [2.45, 2.75) is 12.7 Å². The molecular formula is C12H11F3N4. The summed E-state index contributed by atoms with van der Waals surface area (Å²) in [6.45, 7) is 0.383. The number of hydrogen-bond donors (Lipinski definition) is 2. The fraction of sp³-hybridized carbons (Fsp3) is 0.167. The molecule has 1 heterocycles. The number of nitrogens with zero attached hydrogens (tertiary/aromatic N) is 2. The van der Waals surface area contributed by atoms with Gasteiger partial charge in [-0.15, -0.1) is 10.2 Å². The molecule has 0 saturated heterocycles.